The Labute approximate surface area is 159 Å². The molecule has 1 aromatic rings. The third kappa shape index (κ3) is 3.17. The highest BCUT2D eigenvalue weighted by atomic mass is 16.5. The van der Waals surface area contributed by atoms with Gasteiger partial charge in [0.25, 0.3) is 0 Å². The van der Waals surface area contributed by atoms with Gasteiger partial charge in [-0.25, -0.2) is 0 Å². The second-order valence-corrected chi connectivity index (χ2v) is 7.55. The normalized spacial score (nSPS) is 29.2. The molecule has 1 saturated heterocycles. The zero-order chi connectivity index (χ0) is 19.0. The lowest BCUT2D eigenvalue weighted by atomic mass is 9.82. The van der Waals surface area contributed by atoms with Crippen molar-refractivity contribution in [2.75, 3.05) is 37.7 Å². The van der Waals surface area contributed by atoms with Crippen molar-refractivity contribution < 1.29 is 19.4 Å². The van der Waals surface area contributed by atoms with E-state index in [-0.39, 0.29) is 17.7 Å². The fraction of sp³-hybridized carbons (Fsp3) is 0.524. The first kappa shape index (κ1) is 17.9. The summed E-state index contributed by atoms with van der Waals surface area (Å²) in [5.74, 6) is -0.833. The van der Waals surface area contributed by atoms with E-state index < -0.39 is 17.8 Å². The minimum absolute atomic E-state index is 0.0111. The van der Waals surface area contributed by atoms with Gasteiger partial charge in [0.1, 0.15) is 5.75 Å². The Morgan fingerprint density at radius 1 is 1.07 bits per heavy atom. The molecule has 0 unspecified atom stereocenters. The number of aliphatic carboxylic acids is 1. The zero-order valence-corrected chi connectivity index (χ0v) is 15.6. The average Bonchev–Trinajstić information content (AvgIpc) is 3.30. The second kappa shape index (κ2) is 7.25. The molecular formula is C21H26N2O4. The van der Waals surface area contributed by atoms with E-state index in [2.05, 4.69) is 4.90 Å². The first-order valence-corrected chi connectivity index (χ1v) is 9.77. The molecule has 2 bridgehead atoms. The summed E-state index contributed by atoms with van der Waals surface area (Å²) in [5, 5.41) is 9.60. The third-order valence-corrected chi connectivity index (χ3v) is 6.13. The van der Waals surface area contributed by atoms with E-state index in [0.717, 1.165) is 30.9 Å². The molecule has 2 fully saturated rings. The number of piperazine rings is 1. The van der Waals surface area contributed by atoms with Crippen LogP contribution in [0.4, 0.5) is 5.69 Å². The molecule has 6 heteroatoms. The number of carbonyl (C=O) groups excluding carboxylic acids is 1. The van der Waals surface area contributed by atoms with E-state index in [1.807, 2.05) is 48.2 Å². The smallest absolute Gasteiger partial charge is 0.307 e. The maximum Gasteiger partial charge on any atom is 0.307 e. The van der Waals surface area contributed by atoms with Gasteiger partial charge < -0.3 is 19.6 Å². The topological polar surface area (TPSA) is 70.1 Å². The molecule has 6 nitrogen and oxygen atoms in total. The molecule has 144 valence electrons. The van der Waals surface area contributed by atoms with Crippen LogP contribution in [0, 0.1) is 23.7 Å². The number of carboxylic acid groups (broad SMARTS) is 1. The highest BCUT2D eigenvalue weighted by Crippen LogP contribution is 2.48. The Morgan fingerprint density at radius 2 is 1.74 bits per heavy atom. The Morgan fingerprint density at radius 3 is 2.41 bits per heavy atom. The van der Waals surface area contributed by atoms with E-state index in [0.29, 0.717) is 19.7 Å². The number of nitrogens with zero attached hydrogens (tertiary/aromatic N) is 2. The lowest BCUT2D eigenvalue weighted by Gasteiger charge is -2.39. The van der Waals surface area contributed by atoms with Crippen LogP contribution in [-0.4, -0.2) is 54.7 Å². The summed E-state index contributed by atoms with van der Waals surface area (Å²) in [5.41, 5.74) is 1.05. The van der Waals surface area contributed by atoms with Crippen LogP contribution in [0.1, 0.15) is 13.3 Å². The van der Waals surface area contributed by atoms with Crippen molar-refractivity contribution in [3.8, 4) is 5.75 Å². The molecule has 2 aliphatic carbocycles. The van der Waals surface area contributed by atoms with Crippen molar-refractivity contribution in [2.24, 2.45) is 23.7 Å². The number of amides is 1. The van der Waals surface area contributed by atoms with Gasteiger partial charge in [-0.15, -0.1) is 0 Å². The molecule has 0 aromatic heterocycles. The number of hydrogen-bond acceptors (Lipinski definition) is 4. The maximum absolute atomic E-state index is 13.1. The SMILES string of the molecule is CCOc1ccccc1N1CCN(C(=O)[C@H]2[C@@H](C(=O)O)[C@H]3C=C[C@@H]2C3)CC1. The Hall–Kier alpha value is -2.50. The number of carboxylic acids is 1. The summed E-state index contributed by atoms with van der Waals surface area (Å²) in [6.07, 6.45) is 4.83. The van der Waals surface area contributed by atoms with E-state index in [1.165, 1.54) is 0 Å². The standard InChI is InChI=1S/C21H26N2O4/c1-2-27-17-6-4-3-5-16(17)22-9-11-23(12-10-22)20(24)18-14-7-8-15(13-14)19(18)21(25)26/h3-8,14-15,18-19H,2,9-13H2,1H3,(H,25,26)/t14-,15+,18-,19+/m1/s1. The van der Waals surface area contributed by atoms with E-state index in [9.17, 15) is 14.7 Å². The number of ether oxygens (including phenoxy) is 1. The van der Waals surface area contributed by atoms with Crippen molar-refractivity contribution >= 4 is 17.6 Å². The predicted octanol–water partition coefficient (Wildman–Crippen LogP) is 2.26. The first-order chi connectivity index (χ1) is 13.1. The molecule has 27 heavy (non-hydrogen) atoms. The minimum atomic E-state index is -0.838. The quantitative estimate of drug-likeness (QED) is 0.805. The van der Waals surface area contributed by atoms with Crippen LogP contribution in [0.15, 0.2) is 36.4 Å². The molecule has 0 radical (unpaired) electrons. The van der Waals surface area contributed by atoms with Crippen LogP contribution in [0.5, 0.6) is 5.75 Å². The highest BCUT2D eigenvalue weighted by Gasteiger charge is 2.52. The molecule has 4 rings (SSSR count). The van der Waals surface area contributed by atoms with Gasteiger partial charge >= 0.3 is 5.97 Å². The first-order valence-electron chi connectivity index (χ1n) is 9.77. The maximum atomic E-state index is 13.1. The van der Waals surface area contributed by atoms with Crippen LogP contribution in [0.2, 0.25) is 0 Å². The van der Waals surface area contributed by atoms with Crippen LogP contribution in [0.25, 0.3) is 0 Å². The molecule has 1 saturated carbocycles. The molecule has 1 aliphatic heterocycles. The zero-order valence-electron chi connectivity index (χ0n) is 15.6. The van der Waals surface area contributed by atoms with Crippen molar-refractivity contribution in [3.05, 3.63) is 36.4 Å². The van der Waals surface area contributed by atoms with Gasteiger partial charge in [0, 0.05) is 26.2 Å². The fourth-order valence-corrected chi connectivity index (χ4v) is 4.87. The van der Waals surface area contributed by atoms with E-state index in [4.69, 9.17) is 4.74 Å². The number of para-hydroxylation sites is 2. The van der Waals surface area contributed by atoms with Gasteiger partial charge in [-0.3, -0.25) is 9.59 Å². The van der Waals surface area contributed by atoms with E-state index >= 15 is 0 Å². The molecule has 1 N–H and O–H groups in total. The number of benzene rings is 1. The fourth-order valence-electron chi connectivity index (χ4n) is 4.87. The average molecular weight is 370 g/mol. The largest absolute Gasteiger partial charge is 0.492 e. The van der Waals surface area contributed by atoms with Gasteiger partial charge in [-0.1, -0.05) is 24.3 Å². The Balaban J connectivity index is 1.43. The van der Waals surface area contributed by atoms with Crippen molar-refractivity contribution in [2.45, 2.75) is 13.3 Å². The third-order valence-electron chi connectivity index (χ3n) is 6.13. The van der Waals surface area contributed by atoms with Gasteiger partial charge in [-0.2, -0.15) is 0 Å². The Kier molecular flexibility index (Phi) is 4.81. The van der Waals surface area contributed by atoms with Gasteiger partial charge in [0.2, 0.25) is 5.91 Å². The summed E-state index contributed by atoms with van der Waals surface area (Å²) >= 11 is 0. The number of allylic oxidation sites excluding steroid dienone is 2. The summed E-state index contributed by atoms with van der Waals surface area (Å²) in [7, 11) is 0. The lowest BCUT2D eigenvalue weighted by Crippen LogP contribution is -2.52. The van der Waals surface area contributed by atoms with Crippen molar-refractivity contribution in [1.82, 2.24) is 4.90 Å². The van der Waals surface area contributed by atoms with Crippen LogP contribution in [0.3, 0.4) is 0 Å². The van der Waals surface area contributed by atoms with E-state index in [1.54, 1.807) is 0 Å². The van der Waals surface area contributed by atoms with Crippen molar-refractivity contribution in [1.29, 1.82) is 0 Å². The van der Waals surface area contributed by atoms with Gasteiger partial charge in [0.05, 0.1) is 24.1 Å². The van der Waals surface area contributed by atoms with Gasteiger partial charge in [-0.05, 0) is 37.3 Å². The number of carbonyl (C=O) groups is 2. The number of anilines is 1. The number of rotatable bonds is 5. The summed E-state index contributed by atoms with van der Waals surface area (Å²) in [6, 6.07) is 7.97. The van der Waals surface area contributed by atoms with Gasteiger partial charge in [0.15, 0.2) is 0 Å². The molecule has 1 heterocycles. The summed E-state index contributed by atoms with van der Waals surface area (Å²) in [6.45, 7) is 5.26. The summed E-state index contributed by atoms with van der Waals surface area (Å²) < 4.78 is 5.72. The molecule has 3 aliphatic rings. The van der Waals surface area contributed by atoms with Crippen LogP contribution >= 0.6 is 0 Å². The Bertz CT molecular complexity index is 754. The molecule has 1 aromatic carbocycles. The van der Waals surface area contributed by atoms with Crippen molar-refractivity contribution in [3.63, 3.8) is 0 Å². The predicted molar refractivity (Wildman–Crippen MR) is 102 cm³/mol. The molecular weight excluding hydrogens is 344 g/mol. The molecule has 0 spiro atoms. The van der Waals surface area contributed by atoms with Crippen LogP contribution in [-0.2, 0) is 9.59 Å². The second-order valence-electron chi connectivity index (χ2n) is 7.55. The molecule has 1 amide bonds. The molecule has 4 atom stereocenters. The summed E-state index contributed by atoms with van der Waals surface area (Å²) in [4.78, 5) is 28.9. The monoisotopic (exact) mass is 370 g/mol. The number of fused-ring (bicyclic) bond motifs is 2. The van der Waals surface area contributed by atoms with Crippen LogP contribution < -0.4 is 9.64 Å². The lowest BCUT2D eigenvalue weighted by molar-refractivity contribution is -0.151. The highest BCUT2D eigenvalue weighted by molar-refractivity contribution is 5.87. The minimum Gasteiger partial charge on any atom is -0.492 e. The number of hydrogen-bond donors (Lipinski definition) is 1.